The number of anilines is 1. The molecule has 1 aliphatic heterocycles. The maximum Gasteiger partial charge on any atom is 0.326 e. The number of aryl methyl sites for hydroxylation is 1. The van der Waals surface area contributed by atoms with E-state index in [1.165, 1.54) is 12.1 Å². The number of aromatic nitrogens is 2. The number of hydrogen-bond donors (Lipinski definition) is 1. The van der Waals surface area contributed by atoms with Crippen molar-refractivity contribution in [3.05, 3.63) is 41.8 Å². The number of carbonyl (C=O) groups is 1. The monoisotopic (exact) mass is 329 g/mol. The Morgan fingerprint density at radius 1 is 1.29 bits per heavy atom. The Morgan fingerprint density at radius 2 is 2.04 bits per heavy atom. The minimum atomic E-state index is -0.824. The summed E-state index contributed by atoms with van der Waals surface area (Å²) in [7, 11) is 0. The van der Waals surface area contributed by atoms with Gasteiger partial charge >= 0.3 is 5.97 Å². The molecule has 0 amide bonds. The van der Waals surface area contributed by atoms with Crippen LogP contribution in [0.25, 0.3) is 11.4 Å². The number of piperidine rings is 1. The van der Waals surface area contributed by atoms with Crippen molar-refractivity contribution in [1.82, 2.24) is 9.97 Å². The van der Waals surface area contributed by atoms with E-state index in [0.717, 1.165) is 30.5 Å². The molecule has 1 unspecified atom stereocenters. The Morgan fingerprint density at radius 3 is 2.71 bits per heavy atom. The van der Waals surface area contributed by atoms with Crippen LogP contribution in [0.1, 0.15) is 31.9 Å². The molecule has 0 radical (unpaired) electrons. The third-order valence-corrected chi connectivity index (χ3v) is 4.31. The summed E-state index contributed by atoms with van der Waals surface area (Å²) in [4.78, 5) is 22.5. The van der Waals surface area contributed by atoms with Crippen LogP contribution in [-0.4, -0.2) is 33.6 Å². The van der Waals surface area contributed by atoms with Crippen LogP contribution in [0.3, 0.4) is 0 Å². The molecule has 1 aromatic carbocycles. The molecular weight excluding hydrogens is 309 g/mol. The summed E-state index contributed by atoms with van der Waals surface area (Å²) < 4.78 is 13.1. The van der Waals surface area contributed by atoms with E-state index in [-0.39, 0.29) is 5.82 Å². The second-order valence-electron chi connectivity index (χ2n) is 5.94. The van der Waals surface area contributed by atoms with Crippen LogP contribution < -0.4 is 4.90 Å². The van der Waals surface area contributed by atoms with Gasteiger partial charge < -0.3 is 10.0 Å². The Kier molecular flexibility index (Phi) is 4.74. The van der Waals surface area contributed by atoms with Crippen molar-refractivity contribution in [3.63, 3.8) is 0 Å². The highest BCUT2D eigenvalue weighted by Crippen LogP contribution is 2.26. The molecule has 1 N–H and O–H groups in total. The molecule has 1 fully saturated rings. The number of aliphatic carboxylic acids is 1. The van der Waals surface area contributed by atoms with Crippen molar-refractivity contribution in [2.75, 3.05) is 11.4 Å². The number of nitrogens with zero attached hydrogens (tertiary/aromatic N) is 3. The van der Waals surface area contributed by atoms with Gasteiger partial charge in [-0.2, -0.15) is 0 Å². The van der Waals surface area contributed by atoms with Crippen molar-refractivity contribution < 1.29 is 14.3 Å². The van der Waals surface area contributed by atoms with Gasteiger partial charge in [-0.15, -0.1) is 0 Å². The normalized spacial score (nSPS) is 17.8. The van der Waals surface area contributed by atoms with Gasteiger partial charge in [-0.05, 0) is 49.9 Å². The van der Waals surface area contributed by atoms with Crippen molar-refractivity contribution >= 4 is 11.8 Å². The van der Waals surface area contributed by atoms with Gasteiger partial charge in [0.25, 0.3) is 0 Å². The van der Waals surface area contributed by atoms with Gasteiger partial charge in [0.2, 0.25) is 0 Å². The Bertz CT molecular complexity index is 734. The molecule has 3 rings (SSSR count). The van der Waals surface area contributed by atoms with E-state index in [1.807, 2.05) is 17.9 Å². The lowest BCUT2D eigenvalue weighted by Gasteiger charge is -2.34. The average Bonchev–Trinajstić information content (AvgIpc) is 2.61. The standard InChI is InChI=1S/C18H20FN3O2/c1-2-14-11-16(22-10-4-3-5-15(22)18(23)24)21-17(20-14)12-6-8-13(19)9-7-12/h6-9,11,15H,2-5,10H2,1H3,(H,23,24). The highest BCUT2D eigenvalue weighted by Gasteiger charge is 2.30. The number of rotatable bonds is 4. The van der Waals surface area contributed by atoms with Crippen LogP contribution in [0.2, 0.25) is 0 Å². The summed E-state index contributed by atoms with van der Waals surface area (Å²) in [5, 5.41) is 9.49. The predicted octanol–water partition coefficient (Wildman–Crippen LogP) is 3.29. The lowest BCUT2D eigenvalue weighted by atomic mass is 10.0. The summed E-state index contributed by atoms with van der Waals surface area (Å²) in [6.45, 7) is 2.66. The molecule has 0 spiro atoms. The molecule has 1 aromatic heterocycles. The third kappa shape index (κ3) is 3.37. The SMILES string of the molecule is CCc1cc(N2CCCCC2C(=O)O)nc(-c2ccc(F)cc2)n1. The van der Waals surface area contributed by atoms with Crippen LogP contribution in [-0.2, 0) is 11.2 Å². The van der Waals surface area contributed by atoms with Gasteiger partial charge in [-0.1, -0.05) is 6.92 Å². The van der Waals surface area contributed by atoms with E-state index in [4.69, 9.17) is 0 Å². The first-order valence-corrected chi connectivity index (χ1v) is 8.22. The Labute approximate surface area is 140 Å². The first-order chi connectivity index (χ1) is 11.6. The average molecular weight is 329 g/mol. The molecule has 0 aliphatic carbocycles. The van der Waals surface area contributed by atoms with Crippen molar-refractivity contribution in [2.45, 2.75) is 38.6 Å². The van der Waals surface area contributed by atoms with Crippen LogP contribution in [0.15, 0.2) is 30.3 Å². The van der Waals surface area contributed by atoms with Gasteiger partial charge in [0.05, 0.1) is 0 Å². The molecule has 1 atom stereocenters. The highest BCUT2D eigenvalue weighted by atomic mass is 19.1. The fourth-order valence-electron chi connectivity index (χ4n) is 3.00. The van der Waals surface area contributed by atoms with Crippen LogP contribution in [0, 0.1) is 5.82 Å². The molecule has 0 bridgehead atoms. The van der Waals surface area contributed by atoms with E-state index in [0.29, 0.717) is 24.6 Å². The molecule has 1 saturated heterocycles. The zero-order valence-electron chi connectivity index (χ0n) is 13.6. The first-order valence-electron chi connectivity index (χ1n) is 8.22. The lowest BCUT2D eigenvalue weighted by Crippen LogP contribution is -2.45. The quantitative estimate of drug-likeness (QED) is 0.932. The largest absolute Gasteiger partial charge is 0.480 e. The highest BCUT2D eigenvalue weighted by molar-refractivity contribution is 5.78. The molecule has 1 aliphatic rings. The molecule has 2 heterocycles. The molecule has 5 nitrogen and oxygen atoms in total. The van der Waals surface area contributed by atoms with Gasteiger partial charge in [0.15, 0.2) is 5.82 Å². The first kappa shape index (κ1) is 16.4. The second kappa shape index (κ2) is 6.95. The number of benzene rings is 1. The van der Waals surface area contributed by atoms with Gasteiger partial charge in [-0.3, -0.25) is 0 Å². The Hall–Kier alpha value is -2.50. The maximum absolute atomic E-state index is 13.1. The lowest BCUT2D eigenvalue weighted by molar-refractivity contribution is -0.139. The zero-order valence-corrected chi connectivity index (χ0v) is 13.6. The number of halogens is 1. The van der Waals surface area contributed by atoms with Crippen LogP contribution in [0.5, 0.6) is 0 Å². The molecule has 2 aromatic rings. The van der Waals surface area contributed by atoms with Gasteiger partial charge in [0, 0.05) is 23.9 Å². The van der Waals surface area contributed by atoms with Crippen LogP contribution >= 0.6 is 0 Å². The summed E-state index contributed by atoms with van der Waals surface area (Å²) in [5.41, 5.74) is 1.56. The fraction of sp³-hybridized carbons (Fsp3) is 0.389. The third-order valence-electron chi connectivity index (χ3n) is 4.31. The molecular formula is C18H20FN3O2. The number of hydrogen-bond acceptors (Lipinski definition) is 4. The number of carboxylic acid groups (broad SMARTS) is 1. The van der Waals surface area contributed by atoms with Crippen molar-refractivity contribution in [1.29, 1.82) is 0 Å². The summed E-state index contributed by atoms with van der Waals surface area (Å²) in [5.74, 6) is -0.00498. The van der Waals surface area contributed by atoms with Crippen molar-refractivity contribution in [3.8, 4) is 11.4 Å². The maximum atomic E-state index is 13.1. The number of carboxylic acids is 1. The molecule has 0 saturated carbocycles. The smallest absolute Gasteiger partial charge is 0.326 e. The van der Waals surface area contributed by atoms with Crippen molar-refractivity contribution in [2.24, 2.45) is 0 Å². The van der Waals surface area contributed by atoms with Crippen LogP contribution in [0.4, 0.5) is 10.2 Å². The van der Waals surface area contributed by atoms with E-state index >= 15 is 0 Å². The molecule has 6 heteroatoms. The van der Waals surface area contributed by atoms with Gasteiger partial charge in [0.1, 0.15) is 17.7 Å². The molecule has 126 valence electrons. The zero-order chi connectivity index (χ0) is 17.1. The Balaban J connectivity index is 2.02. The summed E-state index contributed by atoms with van der Waals surface area (Å²) in [6, 6.07) is 7.32. The predicted molar refractivity (Wildman–Crippen MR) is 89.4 cm³/mol. The van der Waals surface area contributed by atoms with E-state index < -0.39 is 12.0 Å². The van der Waals surface area contributed by atoms with E-state index in [2.05, 4.69) is 9.97 Å². The summed E-state index contributed by atoms with van der Waals surface area (Å²) >= 11 is 0. The fourth-order valence-corrected chi connectivity index (χ4v) is 3.00. The van der Waals surface area contributed by atoms with E-state index in [9.17, 15) is 14.3 Å². The molecule has 24 heavy (non-hydrogen) atoms. The second-order valence-corrected chi connectivity index (χ2v) is 5.94. The van der Waals surface area contributed by atoms with E-state index in [1.54, 1.807) is 12.1 Å². The summed E-state index contributed by atoms with van der Waals surface area (Å²) in [6.07, 6.45) is 3.19. The minimum Gasteiger partial charge on any atom is -0.480 e. The minimum absolute atomic E-state index is 0.312. The van der Waals surface area contributed by atoms with Gasteiger partial charge in [-0.25, -0.2) is 19.2 Å². The topological polar surface area (TPSA) is 66.3 Å².